The topological polar surface area (TPSA) is 37.4 Å². The van der Waals surface area contributed by atoms with Crippen LogP contribution in [0, 0.1) is 0 Å². The highest BCUT2D eigenvalue weighted by Gasteiger charge is 2.30. The number of hydrogen-bond donors (Lipinski definition) is 0. The van der Waals surface area contributed by atoms with Crippen LogP contribution in [0.25, 0.3) is 0 Å². The third-order valence-electron chi connectivity index (χ3n) is 3.18. The zero-order chi connectivity index (χ0) is 12.5. The fraction of sp³-hybridized carbons (Fsp3) is 0.500. The van der Waals surface area contributed by atoms with E-state index in [1.54, 1.807) is 0 Å². The minimum Gasteiger partial charge on any atom is -0.298 e. The summed E-state index contributed by atoms with van der Waals surface area (Å²) in [5.41, 5.74) is 1.21. The molecule has 1 fully saturated rings. The largest absolute Gasteiger partial charge is 0.298 e. The van der Waals surface area contributed by atoms with Crippen LogP contribution in [0.15, 0.2) is 28.7 Å². The van der Waals surface area contributed by atoms with Gasteiger partial charge in [0.05, 0.1) is 11.5 Å². The van der Waals surface area contributed by atoms with Crippen molar-refractivity contribution < 1.29 is 8.42 Å². The molecule has 94 valence electrons. The minimum absolute atomic E-state index is 0.170. The maximum absolute atomic E-state index is 11.4. The van der Waals surface area contributed by atoms with Crippen molar-refractivity contribution in [3.8, 4) is 0 Å². The molecule has 1 heterocycles. The van der Waals surface area contributed by atoms with Crippen molar-refractivity contribution in [1.82, 2.24) is 4.90 Å². The van der Waals surface area contributed by atoms with Crippen LogP contribution in [0.5, 0.6) is 0 Å². The third kappa shape index (κ3) is 3.53. The number of halogens is 1. The fourth-order valence-electron chi connectivity index (χ4n) is 2.13. The third-order valence-corrected chi connectivity index (χ3v) is 5.46. The van der Waals surface area contributed by atoms with E-state index in [2.05, 4.69) is 33.0 Å². The molecule has 5 heteroatoms. The number of hydrogen-bond acceptors (Lipinski definition) is 3. The predicted molar refractivity (Wildman–Crippen MR) is 72.7 cm³/mol. The van der Waals surface area contributed by atoms with Gasteiger partial charge in [-0.05, 0) is 31.2 Å². The van der Waals surface area contributed by atoms with E-state index in [9.17, 15) is 8.42 Å². The Morgan fingerprint density at radius 2 is 2.00 bits per heavy atom. The van der Waals surface area contributed by atoms with Crippen LogP contribution in [-0.4, -0.2) is 37.9 Å². The first-order chi connectivity index (χ1) is 7.96. The molecule has 0 radical (unpaired) electrons. The van der Waals surface area contributed by atoms with Crippen LogP contribution < -0.4 is 0 Å². The molecule has 1 aliphatic heterocycles. The Kier molecular flexibility index (Phi) is 3.90. The molecule has 0 aliphatic carbocycles. The lowest BCUT2D eigenvalue weighted by molar-refractivity contribution is 0.254. The van der Waals surface area contributed by atoms with Gasteiger partial charge in [-0.25, -0.2) is 8.42 Å². The standard InChI is InChI=1S/C12H16BrNO2S/c1-14(12-6-7-17(15,16)9-12)8-10-2-4-11(13)5-3-10/h2-5,12H,6-9H2,1H3. The van der Waals surface area contributed by atoms with Crippen molar-refractivity contribution in [2.45, 2.75) is 19.0 Å². The van der Waals surface area contributed by atoms with Crippen molar-refractivity contribution in [2.24, 2.45) is 0 Å². The maximum atomic E-state index is 11.4. The van der Waals surface area contributed by atoms with E-state index in [0.29, 0.717) is 11.5 Å². The van der Waals surface area contributed by atoms with Gasteiger partial charge in [-0.15, -0.1) is 0 Å². The van der Waals surface area contributed by atoms with E-state index < -0.39 is 9.84 Å². The normalized spacial score (nSPS) is 23.1. The first-order valence-corrected chi connectivity index (χ1v) is 8.23. The first-order valence-electron chi connectivity index (χ1n) is 5.61. The molecule has 17 heavy (non-hydrogen) atoms. The zero-order valence-electron chi connectivity index (χ0n) is 9.77. The Morgan fingerprint density at radius 1 is 1.35 bits per heavy atom. The van der Waals surface area contributed by atoms with Gasteiger partial charge in [0.15, 0.2) is 9.84 Å². The second-order valence-corrected chi connectivity index (χ2v) is 7.74. The van der Waals surface area contributed by atoms with Crippen molar-refractivity contribution in [2.75, 3.05) is 18.6 Å². The molecule has 1 aromatic rings. The van der Waals surface area contributed by atoms with Gasteiger partial charge in [0.2, 0.25) is 0 Å². The molecule has 1 aromatic carbocycles. The summed E-state index contributed by atoms with van der Waals surface area (Å²) in [7, 11) is -0.795. The molecule has 0 amide bonds. The smallest absolute Gasteiger partial charge is 0.151 e. The predicted octanol–water partition coefficient (Wildman–Crippen LogP) is 2.07. The number of rotatable bonds is 3. The van der Waals surface area contributed by atoms with Crippen LogP contribution >= 0.6 is 15.9 Å². The molecule has 3 nitrogen and oxygen atoms in total. The Hall–Kier alpha value is -0.390. The molecular weight excluding hydrogens is 302 g/mol. The van der Waals surface area contributed by atoms with Crippen molar-refractivity contribution in [3.05, 3.63) is 34.3 Å². The second-order valence-electron chi connectivity index (χ2n) is 4.60. The highest BCUT2D eigenvalue weighted by atomic mass is 79.9. The molecule has 0 N–H and O–H groups in total. The van der Waals surface area contributed by atoms with Gasteiger partial charge in [-0.3, -0.25) is 4.90 Å². The molecule has 0 spiro atoms. The zero-order valence-corrected chi connectivity index (χ0v) is 12.2. The van der Waals surface area contributed by atoms with E-state index in [4.69, 9.17) is 0 Å². The van der Waals surface area contributed by atoms with Gasteiger partial charge in [0.1, 0.15) is 0 Å². The molecule has 0 bridgehead atoms. The van der Waals surface area contributed by atoms with E-state index >= 15 is 0 Å². The summed E-state index contributed by atoms with van der Waals surface area (Å²) in [6, 6.07) is 8.31. The Morgan fingerprint density at radius 3 is 2.53 bits per heavy atom. The molecule has 1 unspecified atom stereocenters. The highest BCUT2D eigenvalue weighted by molar-refractivity contribution is 9.10. The number of nitrogens with zero attached hydrogens (tertiary/aromatic N) is 1. The summed E-state index contributed by atoms with van der Waals surface area (Å²) < 4.78 is 23.9. The number of sulfone groups is 1. The van der Waals surface area contributed by atoms with E-state index in [-0.39, 0.29) is 6.04 Å². The van der Waals surface area contributed by atoms with E-state index in [1.807, 2.05) is 19.2 Å². The molecule has 1 saturated heterocycles. The lowest BCUT2D eigenvalue weighted by Gasteiger charge is -2.23. The van der Waals surface area contributed by atoms with Gasteiger partial charge < -0.3 is 0 Å². The van der Waals surface area contributed by atoms with Crippen LogP contribution in [0.4, 0.5) is 0 Å². The summed E-state index contributed by atoms with van der Waals surface area (Å²) in [6.45, 7) is 0.799. The lowest BCUT2D eigenvalue weighted by Crippen LogP contribution is -2.32. The van der Waals surface area contributed by atoms with Crippen molar-refractivity contribution >= 4 is 25.8 Å². The Labute approximate surface area is 111 Å². The second kappa shape index (κ2) is 5.08. The van der Waals surface area contributed by atoms with Crippen LogP contribution in [0.2, 0.25) is 0 Å². The maximum Gasteiger partial charge on any atom is 0.151 e. The minimum atomic E-state index is -2.79. The summed E-state index contributed by atoms with van der Waals surface area (Å²) in [4.78, 5) is 2.13. The molecule has 0 aromatic heterocycles. The first kappa shape index (κ1) is 13.1. The van der Waals surface area contributed by atoms with Crippen LogP contribution in [0.3, 0.4) is 0 Å². The molecule has 0 saturated carbocycles. The average Bonchev–Trinajstić information content (AvgIpc) is 2.62. The molecule has 1 aliphatic rings. The van der Waals surface area contributed by atoms with Crippen molar-refractivity contribution in [3.63, 3.8) is 0 Å². The molecular formula is C12H16BrNO2S. The molecule has 2 rings (SSSR count). The average molecular weight is 318 g/mol. The van der Waals surface area contributed by atoms with Gasteiger partial charge in [0, 0.05) is 17.1 Å². The van der Waals surface area contributed by atoms with Crippen LogP contribution in [-0.2, 0) is 16.4 Å². The van der Waals surface area contributed by atoms with Gasteiger partial charge in [-0.1, -0.05) is 28.1 Å². The SMILES string of the molecule is CN(Cc1ccc(Br)cc1)C1CCS(=O)(=O)C1. The summed E-state index contributed by atoms with van der Waals surface area (Å²) in [6.07, 6.45) is 0.759. The lowest BCUT2D eigenvalue weighted by atomic mass is 10.2. The quantitative estimate of drug-likeness (QED) is 0.856. The highest BCUT2D eigenvalue weighted by Crippen LogP contribution is 2.19. The number of benzene rings is 1. The summed E-state index contributed by atoms with van der Waals surface area (Å²) >= 11 is 3.40. The monoisotopic (exact) mass is 317 g/mol. The van der Waals surface area contributed by atoms with Gasteiger partial charge in [0.25, 0.3) is 0 Å². The van der Waals surface area contributed by atoms with E-state index in [1.165, 1.54) is 5.56 Å². The van der Waals surface area contributed by atoms with Crippen LogP contribution in [0.1, 0.15) is 12.0 Å². The van der Waals surface area contributed by atoms with Gasteiger partial charge >= 0.3 is 0 Å². The molecule has 1 atom stereocenters. The summed E-state index contributed by atoms with van der Waals surface area (Å²) in [5, 5.41) is 0. The summed E-state index contributed by atoms with van der Waals surface area (Å²) in [5.74, 6) is 0.641. The van der Waals surface area contributed by atoms with Gasteiger partial charge in [-0.2, -0.15) is 0 Å². The van der Waals surface area contributed by atoms with Crippen molar-refractivity contribution in [1.29, 1.82) is 0 Å². The fourth-order valence-corrected chi connectivity index (χ4v) is 4.20. The van der Waals surface area contributed by atoms with E-state index in [0.717, 1.165) is 17.4 Å². The Bertz CT molecular complexity index is 484. The Balaban J connectivity index is 1.98.